The van der Waals surface area contributed by atoms with E-state index in [4.69, 9.17) is 9.47 Å². The van der Waals surface area contributed by atoms with Gasteiger partial charge in [0, 0.05) is 27.3 Å². The zero-order chi connectivity index (χ0) is 14.5. The molecule has 1 aliphatic heterocycles. The fourth-order valence-electron chi connectivity index (χ4n) is 2.03. The van der Waals surface area contributed by atoms with E-state index in [1.54, 1.807) is 0 Å². The molecule has 19 heavy (non-hydrogen) atoms. The van der Waals surface area contributed by atoms with Crippen LogP contribution >= 0.6 is 0 Å². The molecule has 1 rings (SSSR count). The van der Waals surface area contributed by atoms with Gasteiger partial charge in [0.1, 0.15) is 0 Å². The predicted molar refractivity (Wildman–Crippen MR) is 61.7 cm³/mol. The van der Waals surface area contributed by atoms with Gasteiger partial charge in [-0.15, -0.1) is 0 Å². The molecule has 2 atom stereocenters. The maximum Gasteiger partial charge on any atom is 0.404 e. The normalized spacial score (nSPS) is 25.3. The molecule has 2 unspecified atom stereocenters. The minimum atomic E-state index is -4.57. The molecule has 1 aliphatic rings. The zero-order valence-corrected chi connectivity index (χ0v) is 11.0. The molecule has 0 aromatic carbocycles. The summed E-state index contributed by atoms with van der Waals surface area (Å²) in [6, 6.07) is 0. The Morgan fingerprint density at radius 3 is 2.58 bits per heavy atom. The van der Waals surface area contributed by atoms with Crippen molar-refractivity contribution in [3.8, 4) is 0 Å². The second-order valence-corrected chi connectivity index (χ2v) is 4.53. The lowest BCUT2D eigenvalue weighted by Gasteiger charge is -2.30. The number of alkyl halides is 3. The lowest BCUT2D eigenvalue weighted by Crippen LogP contribution is -2.53. The SMILES string of the molecule is COCC(CNC(=O)C1(C(F)(F)F)CCNC1)OC. The molecule has 0 spiro atoms. The molecule has 0 radical (unpaired) electrons. The Hall–Kier alpha value is -0.860. The Bertz CT molecular complexity index is 304. The Labute approximate surface area is 109 Å². The van der Waals surface area contributed by atoms with Crippen molar-refractivity contribution in [1.29, 1.82) is 0 Å². The molecule has 1 fully saturated rings. The quantitative estimate of drug-likeness (QED) is 0.737. The second kappa shape index (κ2) is 6.53. The summed E-state index contributed by atoms with van der Waals surface area (Å²) < 4.78 is 49.0. The van der Waals surface area contributed by atoms with Gasteiger partial charge in [-0.1, -0.05) is 0 Å². The van der Waals surface area contributed by atoms with Crippen molar-refractivity contribution in [2.45, 2.75) is 18.7 Å². The summed E-state index contributed by atoms with van der Waals surface area (Å²) in [4.78, 5) is 11.9. The Morgan fingerprint density at radius 2 is 2.16 bits per heavy atom. The van der Waals surface area contributed by atoms with E-state index in [0.29, 0.717) is 0 Å². The van der Waals surface area contributed by atoms with E-state index in [9.17, 15) is 18.0 Å². The predicted octanol–water partition coefficient (Wildman–Crippen LogP) is 0.306. The first-order chi connectivity index (χ1) is 8.87. The van der Waals surface area contributed by atoms with Gasteiger partial charge < -0.3 is 20.1 Å². The molecule has 0 bridgehead atoms. The lowest BCUT2D eigenvalue weighted by atomic mass is 9.85. The van der Waals surface area contributed by atoms with Gasteiger partial charge in [0.2, 0.25) is 5.91 Å². The highest BCUT2D eigenvalue weighted by Gasteiger charge is 2.61. The monoisotopic (exact) mass is 284 g/mol. The Kier molecular flexibility index (Phi) is 5.57. The van der Waals surface area contributed by atoms with E-state index in [2.05, 4.69) is 10.6 Å². The van der Waals surface area contributed by atoms with Crippen molar-refractivity contribution < 1.29 is 27.4 Å². The van der Waals surface area contributed by atoms with Crippen LogP contribution in [0.15, 0.2) is 0 Å². The van der Waals surface area contributed by atoms with Gasteiger partial charge in [-0.05, 0) is 13.0 Å². The van der Waals surface area contributed by atoms with Crippen LogP contribution in [0.25, 0.3) is 0 Å². The highest BCUT2D eigenvalue weighted by atomic mass is 19.4. The highest BCUT2D eigenvalue weighted by molar-refractivity contribution is 5.84. The first kappa shape index (κ1) is 16.2. The molecule has 0 aromatic heterocycles. The summed E-state index contributed by atoms with van der Waals surface area (Å²) in [5.74, 6) is -1.01. The standard InChI is InChI=1S/C11H19F3N2O3/c1-18-6-8(19-2)5-16-9(17)10(11(12,13)14)3-4-15-7-10/h8,15H,3-7H2,1-2H3,(H,16,17). The molecule has 2 N–H and O–H groups in total. The number of amides is 1. The molecular weight excluding hydrogens is 265 g/mol. The molecule has 1 amide bonds. The number of hydrogen-bond acceptors (Lipinski definition) is 4. The Balaban J connectivity index is 2.64. The van der Waals surface area contributed by atoms with Crippen LogP contribution in [0.4, 0.5) is 13.2 Å². The minimum Gasteiger partial charge on any atom is -0.382 e. The number of carbonyl (C=O) groups is 1. The molecular formula is C11H19F3N2O3. The number of halogens is 3. The molecule has 5 nitrogen and oxygen atoms in total. The number of nitrogens with one attached hydrogen (secondary N) is 2. The van der Waals surface area contributed by atoms with Crippen molar-refractivity contribution >= 4 is 5.91 Å². The van der Waals surface area contributed by atoms with Gasteiger partial charge in [0.25, 0.3) is 0 Å². The number of rotatable bonds is 6. The molecule has 1 saturated heterocycles. The lowest BCUT2D eigenvalue weighted by molar-refractivity contribution is -0.216. The number of methoxy groups -OCH3 is 2. The van der Waals surface area contributed by atoms with Crippen LogP contribution in [0.2, 0.25) is 0 Å². The first-order valence-electron chi connectivity index (χ1n) is 5.95. The fraction of sp³-hybridized carbons (Fsp3) is 0.909. The summed E-state index contributed by atoms with van der Waals surface area (Å²) in [6.07, 6.45) is -5.28. The van der Waals surface area contributed by atoms with Crippen LogP contribution in [0.3, 0.4) is 0 Å². The third-order valence-electron chi connectivity index (χ3n) is 3.31. The van der Waals surface area contributed by atoms with Crippen LogP contribution in [0, 0.1) is 5.41 Å². The van der Waals surface area contributed by atoms with Crippen molar-refractivity contribution in [3.63, 3.8) is 0 Å². The van der Waals surface area contributed by atoms with Gasteiger partial charge >= 0.3 is 6.18 Å². The van der Waals surface area contributed by atoms with Gasteiger partial charge in [-0.2, -0.15) is 13.2 Å². The van der Waals surface area contributed by atoms with Crippen molar-refractivity contribution in [1.82, 2.24) is 10.6 Å². The van der Waals surface area contributed by atoms with Gasteiger partial charge in [0.05, 0.1) is 12.7 Å². The van der Waals surface area contributed by atoms with Gasteiger partial charge in [-0.3, -0.25) is 4.79 Å². The van der Waals surface area contributed by atoms with Crippen LogP contribution in [-0.4, -0.2) is 58.6 Å². The topological polar surface area (TPSA) is 59.6 Å². The number of hydrogen-bond donors (Lipinski definition) is 2. The van der Waals surface area contributed by atoms with E-state index in [-0.39, 0.29) is 32.7 Å². The summed E-state index contributed by atoms with van der Waals surface area (Å²) in [6.45, 7) is -0.0159. The van der Waals surface area contributed by atoms with Gasteiger partial charge in [-0.25, -0.2) is 0 Å². The summed E-state index contributed by atoms with van der Waals surface area (Å²) in [5, 5.41) is 4.89. The molecule has 8 heteroatoms. The third kappa shape index (κ3) is 3.58. The van der Waals surface area contributed by atoms with Crippen LogP contribution < -0.4 is 10.6 Å². The van der Waals surface area contributed by atoms with E-state index in [1.807, 2.05) is 0 Å². The molecule has 0 saturated carbocycles. The largest absolute Gasteiger partial charge is 0.404 e. The molecule has 0 aromatic rings. The van der Waals surface area contributed by atoms with E-state index in [0.717, 1.165) is 0 Å². The van der Waals surface area contributed by atoms with Crippen molar-refractivity contribution in [2.24, 2.45) is 5.41 Å². The summed E-state index contributed by atoms with van der Waals surface area (Å²) in [5.41, 5.74) is -2.33. The Morgan fingerprint density at radius 1 is 1.47 bits per heavy atom. The fourth-order valence-corrected chi connectivity index (χ4v) is 2.03. The maximum atomic E-state index is 13.1. The van der Waals surface area contributed by atoms with Crippen molar-refractivity contribution in [2.75, 3.05) is 40.5 Å². The van der Waals surface area contributed by atoms with E-state index >= 15 is 0 Å². The summed E-state index contributed by atoms with van der Waals surface area (Å²) in [7, 11) is 2.86. The first-order valence-corrected chi connectivity index (χ1v) is 5.95. The smallest absolute Gasteiger partial charge is 0.382 e. The average molecular weight is 284 g/mol. The third-order valence-corrected chi connectivity index (χ3v) is 3.31. The molecule has 1 heterocycles. The second-order valence-electron chi connectivity index (χ2n) is 4.53. The minimum absolute atomic E-state index is 0.0129. The maximum absolute atomic E-state index is 13.1. The van der Waals surface area contributed by atoms with Crippen LogP contribution in [0.5, 0.6) is 0 Å². The number of ether oxygens (including phenoxy) is 2. The van der Waals surface area contributed by atoms with E-state index in [1.165, 1.54) is 14.2 Å². The van der Waals surface area contributed by atoms with Crippen molar-refractivity contribution in [3.05, 3.63) is 0 Å². The van der Waals surface area contributed by atoms with E-state index < -0.39 is 23.6 Å². The molecule has 0 aliphatic carbocycles. The molecule has 112 valence electrons. The zero-order valence-electron chi connectivity index (χ0n) is 11.0. The highest BCUT2D eigenvalue weighted by Crippen LogP contribution is 2.43. The van der Waals surface area contributed by atoms with Crippen LogP contribution in [0.1, 0.15) is 6.42 Å². The summed E-state index contributed by atoms with van der Waals surface area (Å²) >= 11 is 0. The number of carbonyl (C=O) groups excluding carboxylic acids is 1. The van der Waals surface area contributed by atoms with Gasteiger partial charge in [0.15, 0.2) is 5.41 Å². The average Bonchev–Trinajstić information content (AvgIpc) is 2.84. The van der Waals surface area contributed by atoms with Crippen LogP contribution in [-0.2, 0) is 14.3 Å².